The van der Waals surface area contributed by atoms with Gasteiger partial charge in [0.05, 0.1) is 0 Å². The smallest absolute Gasteiger partial charge is 0.346 e. The Kier molecular flexibility index (Phi) is 1.57. The summed E-state index contributed by atoms with van der Waals surface area (Å²) in [6, 6.07) is 0. The fourth-order valence-electron chi connectivity index (χ4n) is 1.31. The van der Waals surface area contributed by atoms with Crippen LogP contribution in [0.25, 0.3) is 0 Å². The van der Waals surface area contributed by atoms with E-state index in [1.807, 2.05) is 0 Å². The molecule has 0 N–H and O–H groups in total. The molecule has 1 aliphatic heterocycles. The van der Waals surface area contributed by atoms with Crippen molar-refractivity contribution >= 4 is 17.6 Å². The van der Waals surface area contributed by atoms with E-state index in [0.29, 0.717) is 12.2 Å². The topological polar surface area (TPSA) is 61.0 Å². The first-order valence-electron chi connectivity index (χ1n) is 3.54. The molecule has 1 aromatic rings. The van der Waals surface area contributed by atoms with E-state index in [1.54, 1.807) is 23.3 Å². The SMILES string of the molecule is Cc1nc2n(c1[N+](=O)[O-])CCS2. The number of thioether (sulfide) groups is 1. The normalized spacial score (nSPS) is 14.8. The molecule has 12 heavy (non-hydrogen) atoms. The number of rotatable bonds is 1. The summed E-state index contributed by atoms with van der Waals surface area (Å²) in [4.78, 5) is 14.3. The van der Waals surface area contributed by atoms with Crippen molar-refractivity contribution in [2.45, 2.75) is 18.6 Å². The van der Waals surface area contributed by atoms with Crippen LogP contribution in [0.5, 0.6) is 0 Å². The lowest BCUT2D eigenvalue weighted by molar-refractivity contribution is -0.392. The van der Waals surface area contributed by atoms with Crippen LogP contribution in [0.2, 0.25) is 0 Å². The van der Waals surface area contributed by atoms with Crippen LogP contribution < -0.4 is 0 Å². The molecule has 2 heterocycles. The highest BCUT2D eigenvalue weighted by Crippen LogP contribution is 2.31. The van der Waals surface area contributed by atoms with Crippen molar-refractivity contribution < 1.29 is 4.92 Å². The maximum atomic E-state index is 10.6. The minimum Gasteiger partial charge on any atom is -0.358 e. The molecule has 0 unspecified atom stereocenters. The summed E-state index contributed by atoms with van der Waals surface area (Å²) in [5.41, 5.74) is 0.516. The summed E-state index contributed by atoms with van der Waals surface area (Å²) in [6.45, 7) is 2.38. The van der Waals surface area contributed by atoms with E-state index in [2.05, 4.69) is 4.98 Å². The van der Waals surface area contributed by atoms with Crippen molar-refractivity contribution in [3.8, 4) is 0 Å². The van der Waals surface area contributed by atoms with E-state index in [-0.39, 0.29) is 10.7 Å². The van der Waals surface area contributed by atoms with Gasteiger partial charge in [0.25, 0.3) is 5.16 Å². The highest BCUT2D eigenvalue weighted by atomic mass is 32.2. The summed E-state index contributed by atoms with van der Waals surface area (Å²) >= 11 is 1.57. The van der Waals surface area contributed by atoms with E-state index in [4.69, 9.17) is 0 Å². The largest absolute Gasteiger partial charge is 0.358 e. The summed E-state index contributed by atoms with van der Waals surface area (Å²) in [5, 5.41) is 11.4. The molecule has 0 bridgehead atoms. The molecule has 1 aromatic heterocycles. The molecule has 0 aromatic carbocycles. The Morgan fingerprint density at radius 1 is 1.75 bits per heavy atom. The van der Waals surface area contributed by atoms with Crippen LogP contribution in [0, 0.1) is 17.0 Å². The van der Waals surface area contributed by atoms with Crippen LogP contribution in [0.3, 0.4) is 0 Å². The molecule has 0 aliphatic carbocycles. The summed E-state index contributed by atoms with van der Waals surface area (Å²) in [5.74, 6) is 1.04. The molecule has 2 rings (SSSR count). The Bertz CT molecular complexity index is 347. The number of imidazole rings is 1. The Morgan fingerprint density at radius 3 is 3.17 bits per heavy atom. The predicted molar refractivity (Wildman–Crippen MR) is 44.3 cm³/mol. The minimum atomic E-state index is -0.363. The van der Waals surface area contributed by atoms with Gasteiger partial charge < -0.3 is 10.1 Å². The third-order valence-electron chi connectivity index (χ3n) is 1.79. The predicted octanol–water partition coefficient (Wildman–Crippen LogP) is 1.21. The van der Waals surface area contributed by atoms with Crippen LogP contribution >= 0.6 is 11.8 Å². The molecule has 0 amide bonds. The Labute approximate surface area is 72.9 Å². The van der Waals surface area contributed by atoms with Gasteiger partial charge in [-0.3, -0.25) is 0 Å². The zero-order valence-electron chi connectivity index (χ0n) is 6.48. The second-order valence-corrected chi connectivity index (χ2v) is 3.62. The van der Waals surface area contributed by atoms with Gasteiger partial charge in [0.1, 0.15) is 12.2 Å². The highest BCUT2D eigenvalue weighted by Gasteiger charge is 2.28. The summed E-state index contributed by atoms with van der Waals surface area (Å²) in [6.07, 6.45) is 0. The van der Waals surface area contributed by atoms with Gasteiger partial charge in [-0.1, -0.05) is 11.8 Å². The number of nitrogens with zero attached hydrogens (tertiary/aromatic N) is 3. The first kappa shape index (κ1) is 7.60. The standard InChI is InChI=1S/C6H7N3O2S/c1-4-5(9(10)11)8-2-3-12-6(8)7-4/h2-3H2,1H3. The average Bonchev–Trinajstić information content (AvgIpc) is 2.44. The van der Waals surface area contributed by atoms with Gasteiger partial charge in [0, 0.05) is 5.75 Å². The van der Waals surface area contributed by atoms with Gasteiger partial charge in [0.2, 0.25) is 0 Å². The van der Waals surface area contributed by atoms with E-state index >= 15 is 0 Å². The third-order valence-corrected chi connectivity index (χ3v) is 2.75. The fraction of sp³-hybridized carbons (Fsp3) is 0.500. The number of nitro groups is 1. The molecule has 0 atom stereocenters. The van der Waals surface area contributed by atoms with Crippen LogP contribution in [0.4, 0.5) is 5.82 Å². The molecule has 5 nitrogen and oxygen atoms in total. The Balaban J connectivity index is 2.59. The third kappa shape index (κ3) is 0.911. The van der Waals surface area contributed by atoms with Crippen LogP contribution in [0.1, 0.15) is 5.69 Å². The first-order valence-corrected chi connectivity index (χ1v) is 4.53. The highest BCUT2D eigenvalue weighted by molar-refractivity contribution is 7.99. The zero-order valence-corrected chi connectivity index (χ0v) is 7.30. The Morgan fingerprint density at radius 2 is 2.50 bits per heavy atom. The number of hydrogen-bond acceptors (Lipinski definition) is 4. The lowest BCUT2D eigenvalue weighted by atomic mass is 10.5. The van der Waals surface area contributed by atoms with E-state index in [1.165, 1.54) is 0 Å². The average molecular weight is 185 g/mol. The van der Waals surface area contributed by atoms with Crippen molar-refractivity contribution in [2.24, 2.45) is 0 Å². The molecule has 0 spiro atoms. The first-order chi connectivity index (χ1) is 5.70. The van der Waals surface area contributed by atoms with Crippen LogP contribution in [-0.2, 0) is 6.54 Å². The molecule has 0 saturated carbocycles. The molecule has 6 heteroatoms. The molecular weight excluding hydrogens is 178 g/mol. The molecule has 1 aliphatic rings. The number of hydrogen-bond donors (Lipinski definition) is 0. The molecular formula is C6H7N3O2S. The monoisotopic (exact) mass is 185 g/mol. The van der Waals surface area contributed by atoms with Crippen molar-refractivity contribution in [1.29, 1.82) is 0 Å². The molecule has 64 valence electrons. The van der Waals surface area contributed by atoms with Gasteiger partial charge >= 0.3 is 5.82 Å². The van der Waals surface area contributed by atoms with Crippen LogP contribution in [-0.4, -0.2) is 20.2 Å². The second-order valence-electron chi connectivity index (χ2n) is 2.56. The number of aromatic nitrogens is 2. The minimum absolute atomic E-state index is 0.148. The molecule has 0 radical (unpaired) electrons. The zero-order chi connectivity index (χ0) is 8.72. The van der Waals surface area contributed by atoms with E-state index in [0.717, 1.165) is 10.9 Å². The summed E-state index contributed by atoms with van der Waals surface area (Å²) < 4.78 is 1.67. The van der Waals surface area contributed by atoms with E-state index < -0.39 is 0 Å². The van der Waals surface area contributed by atoms with Gasteiger partial charge in [-0.2, -0.15) is 9.55 Å². The van der Waals surface area contributed by atoms with Crippen molar-refractivity contribution in [3.05, 3.63) is 15.8 Å². The number of fused-ring (bicyclic) bond motifs is 1. The number of aryl methyl sites for hydroxylation is 1. The van der Waals surface area contributed by atoms with Crippen molar-refractivity contribution in [3.63, 3.8) is 0 Å². The second kappa shape index (κ2) is 2.48. The molecule has 0 fully saturated rings. The summed E-state index contributed by atoms with van der Waals surface area (Å²) in [7, 11) is 0. The quantitative estimate of drug-likeness (QED) is 0.487. The lowest BCUT2D eigenvalue weighted by Crippen LogP contribution is -2.01. The molecule has 0 saturated heterocycles. The van der Waals surface area contributed by atoms with Gasteiger partial charge in [-0.25, -0.2) is 0 Å². The Hall–Kier alpha value is -1.04. The fourth-order valence-corrected chi connectivity index (χ4v) is 2.30. The van der Waals surface area contributed by atoms with Gasteiger partial charge in [-0.05, 0) is 11.8 Å². The maximum absolute atomic E-state index is 10.6. The van der Waals surface area contributed by atoms with Crippen molar-refractivity contribution in [1.82, 2.24) is 9.55 Å². The lowest BCUT2D eigenvalue weighted by Gasteiger charge is -1.95. The van der Waals surface area contributed by atoms with E-state index in [9.17, 15) is 10.1 Å². The van der Waals surface area contributed by atoms with Gasteiger partial charge in [-0.15, -0.1) is 0 Å². The van der Waals surface area contributed by atoms with Gasteiger partial charge in [0.15, 0.2) is 0 Å². The maximum Gasteiger partial charge on any atom is 0.346 e. The van der Waals surface area contributed by atoms with Crippen LogP contribution in [0.15, 0.2) is 5.16 Å². The van der Waals surface area contributed by atoms with Crippen molar-refractivity contribution in [2.75, 3.05) is 5.75 Å².